The molecule has 30 heavy (non-hydrogen) atoms. The number of hydrogen-bond donors (Lipinski definition) is 2. The molecule has 2 N–H and O–H groups in total. The topological polar surface area (TPSA) is 62.7 Å². The zero-order valence-corrected chi connectivity index (χ0v) is 17.4. The molecule has 4 aromatic rings. The van der Waals surface area contributed by atoms with Gasteiger partial charge in [0.2, 0.25) is 0 Å². The van der Waals surface area contributed by atoms with Gasteiger partial charge in [0.05, 0.1) is 16.7 Å². The van der Waals surface area contributed by atoms with Crippen LogP contribution in [0.3, 0.4) is 0 Å². The Morgan fingerprint density at radius 1 is 0.933 bits per heavy atom. The Morgan fingerprint density at radius 2 is 1.77 bits per heavy atom. The first-order chi connectivity index (χ1) is 14.7. The first kappa shape index (κ1) is 18.8. The summed E-state index contributed by atoms with van der Waals surface area (Å²) in [6.07, 6.45) is 6.81. The van der Waals surface area contributed by atoms with Crippen molar-refractivity contribution in [3.8, 4) is 11.1 Å². The molecular weight excluding hydrogens is 394 g/mol. The summed E-state index contributed by atoms with van der Waals surface area (Å²) < 4.78 is 0. The molecule has 0 unspecified atom stereocenters. The third-order valence-corrected chi connectivity index (χ3v) is 6.27. The van der Waals surface area contributed by atoms with Crippen LogP contribution in [0.15, 0.2) is 67.1 Å². The van der Waals surface area contributed by atoms with Gasteiger partial charge >= 0.3 is 0 Å². The van der Waals surface area contributed by atoms with Gasteiger partial charge < -0.3 is 10.6 Å². The predicted molar refractivity (Wildman–Crippen MR) is 123 cm³/mol. The quantitative estimate of drug-likeness (QED) is 0.398. The Hall–Kier alpha value is -3.18. The Bertz CT molecular complexity index is 1200. The summed E-state index contributed by atoms with van der Waals surface area (Å²) in [6.45, 7) is 0. The van der Waals surface area contributed by atoms with E-state index >= 15 is 0 Å². The Kier molecular flexibility index (Phi) is 4.75. The van der Waals surface area contributed by atoms with Crippen LogP contribution in [0.4, 0.5) is 11.5 Å². The maximum Gasteiger partial charge on any atom is 0.152 e. The molecule has 1 aliphatic rings. The lowest BCUT2D eigenvalue weighted by molar-refractivity contribution is 0.284. The highest BCUT2D eigenvalue weighted by molar-refractivity contribution is 6.32. The van der Waals surface area contributed by atoms with Gasteiger partial charge in [0.25, 0.3) is 0 Å². The highest BCUT2D eigenvalue weighted by atomic mass is 35.5. The van der Waals surface area contributed by atoms with Crippen LogP contribution in [0, 0.1) is 0 Å². The molecule has 1 fully saturated rings. The van der Waals surface area contributed by atoms with Crippen LogP contribution in [0.2, 0.25) is 5.15 Å². The van der Waals surface area contributed by atoms with Crippen LogP contribution >= 0.6 is 11.6 Å². The molecule has 5 rings (SSSR count). The minimum atomic E-state index is -0.0698. The lowest BCUT2D eigenvalue weighted by atomic mass is 9.72. The van der Waals surface area contributed by atoms with E-state index in [0.717, 1.165) is 46.4 Å². The van der Waals surface area contributed by atoms with E-state index in [9.17, 15) is 0 Å². The molecule has 0 spiro atoms. The van der Waals surface area contributed by atoms with Crippen LogP contribution in [-0.4, -0.2) is 22.0 Å². The third-order valence-electron chi connectivity index (χ3n) is 5.97. The molecule has 0 atom stereocenters. The van der Waals surface area contributed by atoms with Gasteiger partial charge in [0, 0.05) is 24.2 Å². The lowest BCUT2D eigenvalue weighted by Crippen LogP contribution is -2.42. The van der Waals surface area contributed by atoms with Gasteiger partial charge in [-0.1, -0.05) is 48.0 Å². The van der Waals surface area contributed by atoms with Gasteiger partial charge in [0.1, 0.15) is 12.1 Å². The second-order valence-electron chi connectivity index (χ2n) is 7.69. The van der Waals surface area contributed by atoms with Crippen LogP contribution in [0.1, 0.15) is 24.8 Å². The summed E-state index contributed by atoms with van der Waals surface area (Å²) in [5.74, 6) is 0.862. The second-order valence-corrected chi connectivity index (χ2v) is 8.05. The maximum absolute atomic E-state index is 6.15. The molecule has 2 aromatic heterocycles. The zero-order valence-electron chi connectivity index (χ0n) is 16.7. The first-order valence-electron chi connectivity index (χ1n) is 10.1. The minimum Gasteiger partial charge on any atom is -0.386 e. The summed E-state index contributed by atoms with van der Waals surface area (Å²) in [5, 5.41) is 8.31. The van der Waals surface area contributed by atoms with Crippen molar-refractivity contribution >= 4 is 34.0 Å². The molecule has 0 aliphatic heterocycles. The normalized spacial score (nSPS) is 14.9. The van der Waals surface area contributed by atoms with Crippen molar-refractivity contribution in [3.63, 3.8) is 0 Å². The Balaban J connectivity index is 1.57. The van der Waals surface area contributed by atoms with E-state index in [-0.39, 0.29) is 5.54 Å². The summed E-state index contributed by atoms with van der Waals surface area (Å²) in [4.78, 5) is 13.4. The molecule has 150 valence electrons. The zero-order chi connectivity index (χ0) is 20.6. The van der Waals surface area contributed by atoms with Crippen LogP contribution < -0.4 is 10.6 Å². The fourth-order valence-corrected chi connectivity index (χ4v) is 4.31. The number of halogens is 1. The van der Waals surface area contributed by atoms with Gasteiger partial charge in [0.15, 0.2) is 5.15 Å². The summed E-state index contributed by atoms with van der Waals surface area (Å²) in [6, 6.07) is 18.9. The molecule has 1 aliphatic carbocycles. The largest absolute Gasteiger partial charge is 0.386 e. The van der Waals surface area contributed by atoms with E-state index in [1.54, 1.807) is 12.5 Å². The van der Waals surface area contributed by atoms with Gasteiger partial charge in [-0.3, -0.25) is 0 Å². The molecule has 1 saturated carbocycles. The number of benzene rings is 2. The molecule has 0 bridgehead atoms. The number of rotatable bonds is 5. The van der Waals surface area contributed by atoms with E-state index in [0.29, 0.717) is 5.15 Å². The smallest absolute Gasteiger partial charge is 0.152 e. The van der Waals surface area contributed by atoms with Crippen molar-refractivity contribution in [3.05, 3.63) is 77.8 Å². The average Bonchev–Trinajstić information content (AvgIpc) is 2.77. The predicted octanol–water partition coefficient (Wildman–Crippen LogP) is 5.88. The van der Waals surface area contributed by atoms with Crippen molar-refractivity contribution in [1.29, 1.82) is 0 Å². The van der Waals surface area contributed by atoms with Crippen LogP contribution in [-0.2, 0) is 5.54 Å². The molecule has 2 heterocycles. The molecule has 0 saturated heterocycles. The minimum absolute atomic E-state index is 0.0698. The molecule has 0 amide bonds. The average molecular weight is 416 g/mol. The molecular formula is C24H22ClN5. The maximum atomic E-state index is 6.15. The van der Waals surface area contributed by atoms with E-state index in [2.05, 4.69) is 68.1 Å². The number of aromatic nitrogens is 3. The van der Waals surface area contributed by atoms with Gasteiger partial charge in [-0.2, -0.15) is 0 Å². The summed E-state index contributed by atoms with van der Waals surface area (Å²) >= 11 is 6.15. The Morgan fingerprint density at radius 3 is 2.50 bits per heavy atom. The number of nitrogens with zero attached hydrogens (tertiary/aromatic N) is 3. The summed E-state index contributed by atoms with van der Waals surface area (Å²) in [7, 11) is 1.84. The lowest BCUT2D eigenvalue weighted by Gasteiger charge is -2.43. The number of hydrogen-bond acceptors (Lipinski definition) is 5. The van der Waals surface area contributed by atoms with E-state index in [4.69, 9.17) is 11.6 Å². The highest BCUT2D eigenvalue weighted by Gasteiger charge is 2.39. The van der Waals surface area contributed by atoms with Crippen molar-refractivity contribution in [2.24, 2.45) is 0 Å². The van der Waals surface area contributed by atoms with Crippen LogP contribution in [0.5, 0.6) is 0 Å². The number of fused-ring (bicyclic) bond motifs is 1. The second kappa shape index (κ2) is 7.58. The van der Waals surface area contributed by atoms with Gasteiger partial charge in [-0.05, 0) is 48.6 Å². The van der Waals surface area contributed by atoms with Crippen molar-refractivity contribution < 1.29 is 0 Å². The van der Waals surface area contributed by atoms with Gasteiger partial charge in [-0.15, -0.1) is 0 Å². The fourth-order valence-electron chi connectivity index (χ4n) is 4.12. The number of anilines is 2. The highest BCUT2D eigenvalue weighted by Crippen LogP contribution is 2.44. The molecule has 6 heteroatoms. The van der Waals surface area contributed by atoms with Gasteiger partial charge in [-0.25, -0.2) is 15.0 Å². The van der Waals surface area contributed by atoms with Crippen molar-refractivity contribution in [2.45, 2.75) is 24.8 Å². The number of nitrogens with one attached hydrogen (secondary N) is 2. The SMILES string of the molecule is CNc1cc(-c2ccc3ncnc(NC4(c5ccccc5)CCC4)c3c2)cnc1Cl. The standard InChI is InChI=1S/C24H22ClN5/c1-26-21-13-17(14-27-22(21)25)16-8-9-20-19(12-16)23(29-15-28-20)30-24(10-5-11-24)18-6-3-2-4-7-18/h2-4,6-9,12-15,26H,5,10-11H2,1H3,(H,28,29,30). The van der Waals surface area contributed by atoms with Crippen molar-refractivity contribution in [2.75, 3.05) is 17.7 Å². The third kappa shape index (κ3) is 3.25. The fraction of sp³-hybridized carbons (Fsp3) is 0.208. The van der Waals surface area contributed by atoms with E-state index in [1.807, 2.05) is 19.2 Å². The molecule has 2 aromatic carbocycles. The molecule has 5 nitrogen and oxygen atoms in total. The molecule has 0 radical (unpaired) electrons. The van der Waals surface area contributed by atoms with E-state index < -0.39 is 0 Å². The van der Waals surface area contributed by atoms with E-state index in [1.165, 1.54) is 12.0 Å². The summed E-state index contributed by atoms with van der Waals surface area (Å²) in [5.41, 5.74) is 4.98. The Labute approximate surface area is 180 Å². The van der Waals surface area contributed by atoms with Crippen LogP contribution in [0.25, 0.3) is 22.0 Å². The number of pyridine rings is 1. The first-order valence-corrected chi connectivity index (χ1v) is 10.5. The van der Waals surface area contributed by atoms with Crippen molar-refractivity contribution in [1.82, 2.24) is 15.0 Å². The monoisotopic (exact) mass is 415 g/mol.